The van der Waals surface area contributed by atoms with Crippen LogP contribution >= 0.6 is 0 Å². The molecule has 0 aliphatic rings. The largest absolute Gasteiger partial charge is 0.493 e. The van der Waals surface area contributed by atoms with Gasteiger partial charge in [-0.2, -0.15) is 5.10 Å². The van der Waals surface area contributed by atoms with E-state index in [0.717, 1.165) is 29.2 Å². The zero-order valence-corrected chi connectivity index (χ0v) is 14.0. The molecule has 2 aromatic rings. The minimum atomic E-state index is 0.225. The van der Waals surface area contributed by atoms with E-state index in [1.807, 2.05) is 29.8 Å². The molecule has 124 valence electrons. The van der Waals surface area contributed by atoms with Gasteiger partial charge in [0.1, 0.15) is 19.3 Å². The summed E-state index contributed by atoms with van der Waals surface area (Å²) in [5.74, 6) is 1.49. The molecule has 0 radical (unpaired) electrons. The lowest BCUT2D eigenvalue weighted by Gasteiger charge is -2.17. The first-order chi connectivity index (χ1) is 11.1. The van der Waals surface area contributed by atoms with Crippen molar-refractivity contribution in [3.63, 3.8) is 0 Å². The third-order valence-corrected chi connectivity index (χ3v) is 3.39. The maximum absolute atomic E-state index is 5.86. The van der Waals surface area contributed by atoms with Crippen LogP contribution in [-0.4, -0.2) is 35.0 Å². The molecule has 0 aliphatic carbocycles. The molecule has 1 atom stereocenters. The van der Waals surface area contributed by atoms with Crippen LogP contribution in [0.2, 0.25) is 0 Å². The topological polar surface area (TPSA) is 61.2 Å². The van der Waals surface area contributed by atoms with Crippen molar-refractivity contribution in [2.24, 2.45) is 0 Å². The highest BCUT2D eigenvalue weighted by molar-refractivity contribution is 5.46. The predicted octanol–water partition coefficient (Wildman–Crippen LogP) is 2.59. The highest BCUT2D eigenvalue weighted by Crippen LogP contribution is 2.31. The predicted molar refractivity (Wildman–Crippen MR) is 89.7 cm³/mol. The Morgan fingerprint density at radius 2 is 2.26 bits per heavy atom. The van der Waals surface area contributed by atoms with Crippen LogP contribution in [0.25, 0.3) is 0 Å². The number of ether oxygens (including phenoxy) is 2. The minimum Gasteiger partial charge on any atom is -0.493 e. The highest BCUT2D eigenvalue weighted by atomic mass is 16.5. The van der Waals surface area contributed by atoms with E-state index >= 15 is 0 Å². The summed E-state index contributed by atoms with van der Waals surface area (Å²) in [5.41, 5.74) is 2.02. The lowest BCUT2D eigenvalue weighted by Crippen LogP contribution is -2.24. The molecule has 0 spiro atoms. The van der Waals surface area contributed by atoms with Crippen molar-refractivity contribution in [2.75, 3.05) is 20.3 Å². The van der Waals surface area contributed by atoms with Gasteiger partial charge in [-0.1, -0.05) is 18.7 Å². The third-order valence-electron chi connectivity index (χ3n) is 3.39. The van der Waals surface area contributed by atoms with Crippen LogP contribution in [0, 0.1) is 0 Å². The molecule has 1 heterocycles. The van der Waals surface area contributed by atoms with E-state index in [1.54, 1.807) is 19.8 Å². The average Bonchev–Trinajstić information content (AvgIpc) is 3.07. The van der Waals surface area contributed by atoms with Gasteiger partial charge >= 0.3 is 0 Å². The number of benzene rings is 1. The molecule has 0 unspecified atom stereocenters. The second-order valence-electron chi connectivity index (χ2n) is 5.55. The molecule has 2 rings (SSSR count). The fourth-order valence-electron chi connectivity index (χ4n) is 2.17. The minimum absolute atomic E-state index is 0.225. The summed E-state index contributed by atoms with van der Waals surface area (Å²) in [7, 11) is 1.65. The average molecular weight is 316 g/mol. The molecule has 1 aromatic carbocycles. The quantitative estimate of drug-likeness (QED) is 0.721. The van der Waals surface area contributed by atoms with Gasteiger partial charge in [0, 0.05) is 18.7 Å². The molecule has 0 saturated heterocycles. The molecule has 23 heavy (non-hydrogen) atoms. The Bertz CT molecular complexity index is 626. The van der Waals surface area contributed by atoms with Crippen LogP contribution in [-0.2, 0) is 6.54 Å². The van der Waals surface area contributed by atoms with Crippen molar-refractivity contribution in [1.29, 1.82) is 0 Å². The van der Waals surface area contributed by atoms with Crippen molar-refractivity contribution in [1.82, 2.24) is 20.1 Å². The van der Waals surface area contributed by atoms with Gasteiger partial charge in [-0.25, -0.2) is 9.67 Å². The van der Waals surface area contributed by atoms with E-state index in [1.165, 1.54) is 0 Å². The van der Waals surface area contributed by atoms with Crippen LogP contribution in [0.5, 0.6) is 11.5 Å². The Kier molecular flexibility index (Phi) is 6.17. The van der Waals surface area contributed by atoms with E-state index in [2.05, 4.69) is 28.9 Å². The summed E-state index contributed by atoms with van der Waals surface area (Å²) in [5, 5.41) is 7.57. The zero-order valence-electron chi connectivity index (χ0n) is 14.0. The van der Waals surface area contributed by atoms with Crippen LogP contribution in [0.15, 0.2) is 43.0 Å². The molecule has 0 fully saturated rings. The number of para-hydroxylation sites is 1. The lowest BCUT2D eigenvalue weighted by molar-refractivity contribution is 0.315. The van der Waals surface area contributed by atoms with Gasteiger partial charge in [0.15, 0.2) is 11.5 Å². The summed E-state index contributed by atoms with van der Waals surface area (Å²) < 4.78 is 13.1. The van der Waals surface area contributed by atoms with Crippen LogP contribution < -0.4 is 14.8 Å². The van der Waals surface area contributed by atoms with Gasteiger partial charge in [0.05, 0.1) is 13.2 Å². The zero-order chi connectivity index (χ0) is 16.7. The maximum Gasteiger partial charge on any atom is 0.166 e. The molecule has 0 bridgehead atoms. The van der Waals surface area contributed by atoms with Gasteiger partial charge in [-0.15, -0.1) is 0 Å². The summed E-state index contributed by atoms with van der Waals surface area (Å²) in [6.45, 7) is 9.83. The first kappa shape index (κ1) is 17.0. The van der Waals surface area contributed by atoms with E-state index < -0.39 is 0 Å². The van der Waals surface area contributed by atoms with Crippen LogP contribution in [0.3, 0.4) is 0 Å². The molecular formula is C17H24N4O2. The molecule has 6 nitrogen and oxygen atoms in total. The number of hydrogen-bond acceptors (Lipinski definition) is 5. The number of methoxy groups -OCH3 is 1. The normalized spacial score (nSPS) is 12.0. The molecule has 0 saturated carbocycles. The Balaban J connectivity index is 1.99. The second-order valence-corrected chi connectivity index (χ2v) is 5.55. The van der Waals surface area contributed by atoms with Crippen molar-refractivity contribution in [3.8, 4) is 11.5 Å². The first-order valence-corrected chi connectivity index (χ1v) is 7.59. The summed E-state index contributed by atoms with van der Waals surface area (Å²) in [6, 6.07) is 6.12. The fraction of sp³-hybridized carbons (Fsp3) is 0.412. The van der Waals surface area contributed by atoms with Gasteiger partial charge in [-0.3, -0.25) is 0 Å². The SMILES string of the molecule is C=C(C)COc1c(CNC[C@H](C)n2cncn2)cccc1OC. The third kappa shape index (κ3) is 4.82. The number of rotatable bonds is 9. The number of nitrogens with zero attached hydrogens (tertiary/aromatic N) is 3. The van der Waals surface area contributed by atoms with E-state index in [-0.39, 0.29) is 6.04 Å². The molecule has 0 amide bonds. The summed E-state index contributed by atoms with van der Waals surface area (Å²) in [4.78, 5) is 3.97. The van der Waals surface area contributed by atoms with Gasteiger partial charge in [-0.05, 0) is 25.5 Å². The molecule has 6 heteroatoms. The molecule has 0 aliphatic heterocycles. The van der Waals surface area contributed by atoms with Crippen molar-refractivity contribution >= 4 is 0 Å². The summed E-state index contributed by atoms with van der Waals surface area (Å²) >= 11 is 0. The highest BCUT2D eigenvalue weighted by Gasteiger charge is 2.11. The standard InChI is InChI=1S/C17H24N4O2/c1-13(2)10-23-17-15(6-5-7-16(17)22-4)9-18-8-14(3)21-12-19-11-20-21/h5-7,11-12,14,18H,1,8-10H2,2-4H3/t14-/m0/s1. The Labute approximate surface area is 137 Å². The lowest BCUT2D eigenvalue weighted by atomic mass is 10.1. The number of aromatic nitrogens is 3. The van der Waals surface area contributed by atoms with E-state index in [9.17, 15) is 0 Å². The Morgan fingerprint density at radius 3 is 2.91 bits per heavy atom. The smallest absolute Gasteiger partial charge is 0.166 e. The van der Waals surface area contributed by atoms with Crippen molar-refractivity contribution < 1.29 is 9.47 Å². The first-order valence-electron chi connectivity index (χ1n) is 7.59. The Morgan fingerprint density at radius 1 is 1.43 bits per heavy atom. The van der Waals surface area contributed by atoms with Gasteiger partial charge < -0.3 is 14.8 Å². The molecular weight excluding hydrogens is 292 g/mol. The van der Waals surface area contributed by atoms with Crippen molar-refractivity contribution in [2.45, 2.75) is 26.4 Å². The van der Waals surface area contributed by atoms with E-state index in [0.29, 0.717) is 13.2 Å². The second kappa shape index (κ2) is 8.33. The summed E-state index contributed by atoms with van der Waals surface area (Å²) in [6.07, 6.45) is 3.27. The van der Waals surface area contributed by atoms with Crippen molar-refractivity contribution in [3.05, 3.63) is 48.6 Å². The van der Waals surface area contributed by atoms with E-state index in [4.69, 9.17) is 9.47 Å². The fourth-order valence-corrected chi connectivity index (χ4v) is 2.17. The Hall–Kier alpha value is -2.34. The molecule has 1 N–H and O–H groups in total. The van der Waals surface area contributed by atoms with Gasteiger partial charge in [0.2, 0.25) is 0 Å². The number of hydrogen-bond donors (Lipinski definition) is 1. The molecule has 1 aromatic heterocycles. The monoisotopic (exact) mass is 316 g/mol. The van der Waals surface area contributed by atoms with Crippen LogP contribution in [0.4, 0.5) is 0 Å². The van der Waals surface area contributed by atoms with Crippen LogP contribution in [0.1, 0.15) is 25.5 Å². The number of nitrogens with one attached hydrogen (secondary N) is 1. The van der Waals surface area contributed by atoms with Gasteiger partial charge in [0.25, 0.3) is 0 Å². The maximum atomic E-state index is 5.86.